The molecule has 1 aromatic heterocycles. The highest BCUT2D eigenvalue weighted by Gasteiger charge is 2.30. The van der Waals surface area contributed by atoms with Gasteiger partial charge in [0.05, 0.1) is 29.4 Å². The molecule has 2 N–H and O–H groups in total. The number of urea groups is 1. The molecule has 1 aromatic carbocycles. The largest absolute Gasteiger partial charge is 0.463 e. The number of hydrogen-bond donors (Lipinski definition) is 2. The average molecular weight is 389 g/mol. The van der Waals surface area contributed by atoms with Crippen LogP contribution in [0.5, 0.6) is 0 Å². The number of hydrogen-bond acceptors (Lipinski definition) is 7. The van der Waals surface area contributed by atoms with Gasteiger partial charge in [-0.2, -0.15) is 0 Å². The molecule has 0 fully saturated rings. The normalized spacial score (nSPS) is 16.5. The van der Waals surface area contributed by atoms with Gasteiger partial charge in [0.25, 0.3) is 0 Å². The van der Waals surface area contributed by atoms with Crippen LogP contribution in [0.1, 0.15) is 13.8 Å². The summed E-state index contributed by atoms with van der Waals surface area (Å²) < 4.78 is 16.4. The number of rotatable bonds is 6. The summed E-state index contributed by atoms with van der Waals surface area (Å²) >= 11 is 0. The number of benzene rings is 1. The zero-order valence-corrected chi connectivity index (χ0v) is 15.3. The predicted octanol–water partition coefficient (Wildman–Crippen LogP) is 0.656. The second-order valence-corrected chi connectivity index (χ2v) is 6.02. The number of ether oxygens (including phenoxy) is 2. The van der Waals surface area contributed by atoms with Crippen molar-refractivity contribution < 1.29 is 28.3 Å². The molecule has 0 spiro atoms. The monoisotopic (exact) mass is 389 g/mol. The van der Waals surface area contributed by atoms with Crippen molar-refractivity contribution in [3.63, 3.8) is 0 Å². The molecule has 10 heteroatoms. The zero-order chi connectivity index (χ0) is 20.3. The molecule has 10 nitrogen and oxygen atoms in total. The van der Waals surface area contributed by atoms with Crippen LogP contribution in [0.4, 0.5) is 4.79 Å². The maximum Gasteiger partial charge on any atom is 0.420 e. The third-order valence-corrected chi connectivity index (χ3v) is 4.10. The standard InChI is InChI=1S/C18H19N3O7/c1-3-26-16(23)15-10(2)19-17(24)20-11(15)9-27-14(22)8-21-12-6-4-5-7-13(12)28-18(21)25/h4-7,10H,3,8-9H2,1-2H3,(H2,19,20,24)/t10-/m1/s1. The maximum absolute atomic E-state index is 12.2. The minimum absolute atomic E-state index is 0.132. The van der Waals surface area contributed by atoms with E-state index >= 15 is 0 Å². The van der Waals surface area contributed by atoms with E-state index < -0.39 is 29.8 Å². The first-order valence-corrected chi connectivity index (χ1v) is 8.62. The number of esters is 2. The van der Waals surface area contributed by atoms with Crippen molar-refractivity contribution in [1.82, 2.24) is 15.2 Å². The highest BCUT2D eigenvalue weighted by Crippen LogP contribution is 2.15. The first-order valence-electron chi connectivity index (χ1n) is 8.62. The molecule has 148 valence electrons. The lowest BCUT2D eigenvalue weighted by Gasteiger charge is -2.26. The summed E-state index contributed by atoms with van der Waals surface area (Å²) in [7, 11) is 0. The first-order chi connectivity index (χ1) is 13.4. The van der Waals surface area contributed by atoms with Crippen molar-refractivity contribution in [2.24, 2.45) is 0 Å². The lowest BCUT2D eigenvalue weighted by atomic mass is 10.0. The molecule has 2 heterocycles. The lowest BCUT2D eigenvalue weighted by Crippen LogP contribution is -2.50. The Kier molecular flexibility index (Phi) is 5.48. The molecule has 1 aliphatic heterocycles. The van der Waals surface area contributed by atoms with Crippen LogP contribution in [-0.2, 0) is 25.6 Å². The summed E-state index contributed by atoms with van der Waals surface area (Å²) in [5.41, 5.74) is 1.11. The number of oxazole rings is 1. The molecule has 2 aromatic rings. The van der Waals surface area contributed by atoms with E-state index in [1.54, 1.807) is 38.1 Å². The SMILES string of the molecule is CCOC(=O)C1=C(COC(=O)Cn2c(=O)oc3ccccc32)NC(=O)N[C@@H]1C. The Morgan fingerprint density at radius 2 is 1.96 bits per heavy atom. The Balaban J connectivity index is 1.75. The van der Waals surface area contributed by atoms with Crippen molar-refractivity contribution in [2.75, 3.05) is 13.2 Å². The highest BCUT2D eigenvalue weighted by molar-refractivity contribution is 5.94. The van der Waals surface area contributed by atoms with Gasteiger partial charge in [0, 0.05) is 0 Å². The number of fused-ring (bicyclic) bond motifs is 1. The Hall–Kier alpha value is -3.56. The fraction of sp³-hybridized carbons (Fsp3) is 0.333. The van der Waals surface area contributed by atoms with Crippen molar-refractivity contribution >= 4 is 29.1 Å². The molecule has 0 radical (unpaired) electrons. The number of carbonyl (C=O) groups excluding carboxylic acids is 3. The van der Waals surface area contributed by atoms with Crippen LogP contribution < -0.4 is 16.4 Å². The van der Waals surface area contributed by atoms with E-state index in [2.05, 4.69) is 10.6 Å². The van der Waals surface area contributed by atoms with Crippen LogP contribution in [0.2, 0.25) is 0 Å². The van der Waals surface area contributed by atoms with Crippen LogP contribution in [-0.4, -0.2) is 41.8 Å². The van der Waals surface area contributed by atoms with E-state index in [4.69, 9.17) is 13.9 Å². The molecule has 0 saturated carbocycles. The van der Waals surface area contributed by atoms with Crippen LogP contribution in [0.25, 0.3) is 11.1 Å². The van der Waals surface area contributed by atoms with Crippen molar-refractivity contribution in [3.8, 4) is 0 Å². The van der Waals surface area contributed by atoms with E-state index in [1.807, 2.05) is 0 Å². The van der Waals surface area contributed by atoms with Gasteiger partial charge < -0.3 is 24.5 Å². The number of nitrogens with zero attached hydrogens (tertiary/aromatic N) is 1. The number of para-hydroxylation sites is 2. The Labute approximate surface area is 159 Å². The Morgan fingerprint density at radius 1 is 1.21 bits per heavy atom. The first kappa shape index (κ1) is 19.2. The summed E-state index contributed by atoms with van der Waals surface area (Å²) in [5, 5.41) is 5.00. The van der Waals surface area contributed by atoms with Gasteiger partial charge in [-0.3, -0.25) is 9.36 Å². The van der Waals surface area contributed by atoms with E-state index in [9.17, 15) is 19.2 Å². The highest BCUT2D eigenvalue weighted by atomic mass is 16.5. The van der Waals surface area contributed by atoms with Crippen molar-refractivity contribution in [1.29, 1.82) is 0 Å². The predicted molar refractivity (Wildman–Crippen MR) is 96.2 cm³/mol. The third-order valence-electron chi connectivity index (χ3n) is 4.10. The quantitative estimate of drug-likeness (QED) is 0.694. The van der Waals surface area contributed by atoms with Gasteiger partial charge in [-0.15, -0.1) is 0 Å². The van der Waals surface area contributed by atoms with Gasteiger partial charge in [0.2, 0.25) is 0 Å². The van der Waals surface area contributed by atoms with Crippen LogP contribution in [0.15, 0.2) is 44.7 Å². The Morgan fingerprint density at radius 3 is 2.71 bits per heavy atom. The summed E-state index contributed by atoms with van der Waals surface area (Å²) in [5.74, 6) is -2.04. The molecule has 0 bridgehead atoms. The van der Waals surface area contributed by atoms with Gasteiger partial charge in [0.1, 0.15) is 13.2 Å². The summed E-state index contributed by atoms with van der Waals surface area (Å²) in [4.78, 5) is 48.0. The molecule has 1 aliphatic rings. The molecule has 0 unspecified atom stereocenters. The van der Waals surface area contributed by atoms with Crippen LogP contribution in [0, 0.1) is 0 Å². The fourth-order valence-corrected chi connectivity index (χ4v) is 2.88. The third kappa shape index (κ3) is 3.90. The average Bonchev–Trinajstić information content (AvgIpc) is 2.95. The topological polar surface area (TPSA) is 129 Å². The van der Waals surface area contributed by atoms with E-state index in [0.717, 1.165) is 4.57 Å². The van der Waals surface area contributed by atoms with Crippen LogP contribution >= 0.6 is 0 Å². The zero-order valence-electron chi connectivity index (χ0n) is 15.3. The molecule has 28 heavy (non-hydrogen) atoms. The fourth-order valence-electron chi connectivity index (χ4n) is 2.88. The van der Waals surface area contributed by atoms with E-state index in [-0.39, 0.29) is 31.0 Å². The van der Waals surface area contributed by atoms with Gasteiger partial charge in [-0.05, 0) is 26.0 Å². The number of aromatic nitrogens is 1. The number of nitrogens with one attached hydrogen (secondary N) is 2. The molecule has 2 amide bonds. The molecule has 3 rings (SSSR count). The summed E-state index contributed by atoms with van der Waals surface area (Å²) in [6, 6.07) is 5.54. The van der Waals surface area contributed by atoms with E-state index in [0.29, 0.717) is 11.1 Å². The molecular weight excluding hydrogens is 370 g/mol. The van der Waals surface area contributed by atoms with Crippen molar-refractivity contribution in [3.05, 3.63) is 46.1 Å². The van der Waals surface area contributed by atoms with Gasteiger partial charge in [-0.25, -0.2) is 14.4 Å². The minimum atomic E-state index is -0.732. The van der Waals surface area contributed by atoms with Gasteiger partial charge in [0.15, 0.2) is 5.58 Å². The van der Waals surface area contributed by atoms with Crippen molar-refractivity contribution in [2.45, 2.75) is 26.4 Å². The molecule has 0 saturated heterocycles. The summed E-state index contributed by atoms with van der Waals surface area (Å²) in [6.45, 7) is 2.70. The molecule has 1 atom stereocenters. The Bertz CT molecular complexity index is 1020. The second-order valence-electron chi connectivity index (χ2n) is 6.02. The minimum Gasteiger partial charge on any atom is -0.463 e. The summed E-state index contributed by atoms with van der Waals surface area (Å²) in [6.07, 6.45) is 0. The maximum atomic E-state index is 12.2. The number of carbonyl (C=O) groups is 3. The molecule has 0 aliphatic carbocycles. The van der Waals surface area contributed by atoms with Gasteiger partial charge >= 0.3 is 23.7 Å². The number of amides is 2. The van der Waals surface area contributed by atoms with Gasteiger partial charge in [-0.1, -0.05) is 12.1 Å². The smallest absolute Gasteiger partial charge is 0.420 e. The lowest BCUT2D eigenvalue weighted by molar-refractivity contribution is -0.144. The molecular formula is C18H19N3O7. The van der Waals surface area contributed by atoms with E-state index in [1.165, 1.54) is 0 Å². The van der Waals surface area contributed by atoms with Crippen LogP contribution in [0.3, 0.4) is 0 Å². The second kappa shape index (κ2) is 7.99.